The van der Waals surface area contributed by atoms with Crippen LogP contribution >= 0.6 is 0 Å². The summed E-state index contributed by atoms with van der Waals surface area (Å²) >= 11 is 0. The number of carbonyl (C=O) groups excluding carboxylic acids is 2. The van der Waals surface area contributed by atoms with Gasteiger partial charge in [-0.25, -0.2) is 4.98 Å². The van der Waals surface area contributed by atoms with Crippen LogP contribution in [0.5, 0.6) is 0 Å². The van der Waals surface area contributed by atoms with Crippen molar-refractivity contribution in [3.05, 3.63) is 23.9 Å². The lowest BCUT2D eigenvalue weighted by atomic mass is 10.2. The standard InChI is InChI=1S/C10H13N3O2/c1-7(14)13(2)10-5-3-4-8(12-10)6-9(11)15/h3-5H,6H2,1-2H3,(H2,11,15). The minimum absolute atomic E-state index is 0.0829. The van der Waals surface area contributed by atoms with E-state index in [1.165, 1.54) is 11.8 Å². The van der Waals surface area contributed by atoms with Gasteiger partial charge in [-0.3, -0.25) is 9.59 Å². The lowest BCUT2D eigenvalue weighted by Gasteiger charge is -2.14. The molecule has 2 N–H and O–H groups in total. The van der Waals surface area contributed by atoms with Crippen molar-refractivity contribution in [3.8, 4) is 0 Å². The minimum atomic E-state index is -0.440. The average Bonchev–Trinajstić information content (AvgIpc) is 2.16. The number of nitrogens with two attached hydrogens (primary N) is 1. The van der Waals surface area contributed by atoms with E-state index in [4.69, 9.17) is 5.73 Å². The lowest BCUT2D eigenvalue weighted by molar-refractivity contribution is -0.117. The first-order valence-electron chi connectivity index (χ1n) is 4.49. The van der Waals surface area contributed by atoms with Gasteiger partial charge >= 0.3 is 0 Å². The monoisotopic (exact) mass is 207 g/mol. The molecule has 0 spiro atoms. The number of pyridine rings is 1. The van der Waals surface area contributed by atoms with Crippen LogP contribution in [0.2, 0.25) is 0 Å². The fourth-order valence-corrected chi connectivity index (χ4v) is 1.09. The Hall–Kier alpha value is -1.91. The maximum Gasteiger partial charge on any atom is 0.224 e. The first-order chi connectivity index (χ1) is 7.00. The lowest BCUT2D eigenvalue weighted by Crippen LogP contribution is -2.24. The van der Waals surface area contributed by atoms with Crippen LogP contribution in [0.3, 0.4) is 0 Å². The summed E-state index contributed by atoms with van der Waals surface area (Å²) in [5.41, 5.74) is 5.61. The van der Waals surface area contributed by atoms with Crippen molar-refractivity contribution >= 4 is 17.6 Å². The number of aromatic nitrogens is 1. The Morgan fingerprint density at radius 3 is 2.67 bits per heavy atom. The van der Waals surface area contributed by atoms with Crippen molar-refractivity contribution in [2.45, 2.75) is 13.3 Å². The second-order valence-corrected chi connectivity index (χ2v) is 3.21. The highest BCUT2D eigenvalue weighted by atomic mass is 16.2. The Bertz CT molecular complexity index is 390. The van der Waals surface area contributed by atoms with Gasteiger partial charge in [0.1, 0.15) is 5.82 Å². The fraction of sp³-hybridized carbons (Fsp3) is 0.300. The van der Waals surface area contributed by atoms with Gasteiger partial charge in [-0.2, -0.15) is 0 Å². The molecule has 0 aliphatic carbocycles. The normalized spacial score (nSPS) is 9.73. The topological polar surface area (TPSA) is 76.3 Å². The van der Waals surface area contributed by atoms with Crippen LogP contribution in [0.25, 0.3) is 0 Å². The molecular formula is C10H13N3O2. The highest BCUT2D eigenvalue weighted by Gasteiger charge is 2.08. The van der Waals surface area contributed by atoms with Gasteiger partial charge < -0.3 is 10.6 Å². The van der Waals surface area contributed by atoms with E-state index in [1.807, 2.05) is 0 Å². The molecule has 1 heterocycles. The van der Waals surface area contributed by atoms with Crippen molar-refractivity contribution in [1.82, 2.24) is 4.98 Å². The molecule has 0 aliphatic heterocycles. The molecule has 15 heavy (non-hydrogen) atoms. The van der Waals surface area contributed by atoms with E-state index in [9.17, 15) is 9.59 Å². The number of amides is 2. The number of anilines is 1. The quantitative estimate of drug-likeness (QED) is 0.763. The third-order valence-electron chi connectivity index (χ3n) is 1.96. The maximum atomic E-state index is 11.1. The Morgan fingerprint density at radius 1 is 1.47 bits per heavy atom. The maximum absolute atomic E-state index is 11.1. The first-order valence-corrected chi connectivity index (χ1v) is 4.49. The van der Waals surface area contributed by atoms with Crippen LogP contribution in [0, 0.1) is 0 Å². The Labute approximate surface area is 87.9 Å². The summed E-state index contributed by atoms with van der Waals surface area (Å²) in [5.74, 6) is -0.0369. The highest BCUT2D eigenvalue weighted by molar-refractivity contribution is 5.89. The van der Waals surface area contributed by atoms with Crippen LogP contribution in [-0.4, -0.2) is 23.8 Å². The number of hydrogen-bond acceptors (Lipinski definition) is 3. The number of nitrogens with zero attached hydrogens (tertiary/aromatic N) is 2. The van der Waals surface area contributed by atoms with Gasteiger partial charge in [0.15, 0.2) is 0 Å². The molecule has 80 valence electrons. The fourth-order valence-electron chi connectivity index (χ4n) is 1.09. The second-order valence-electron chi connectivity index (χ2n) is 3.21. The van der Waals surface area contributed by atoms with Gasteiger partial charge in [0.2, 0.25) is 11.8 Å². The second kappa shape index (κ2) is 4.54. The predicted octanol–water partition coefficient (Wildman–Crippen LogP) is 0.0921. The van der Waals surface area contributed by atoms with Crippen LogP contribution in [0.15, 0.2) is 18.2 Å². The third kappa shape index (κ3) is 3.05. The number of primary amides is 1. The Balaban J connectivity index is 2.92. The molecule has 5 heteroatoms. The van der Waals surface area contributed by atoms with Gasteiger partial charge in [-0.15, -0.1) is 0 Å². The molecule has 0 saturated carbocycles. The van der Waals surface area contributed by atoms with Crippen molar-refractivity contribution in [1.29, 1.82) is 0 Å². The minimum Gasteiger partial charge on any atom is -0.369 e. The Morgan fingerprint density at radius 2 is 2.13 bits per heavy atom. The summed E-state index contributed by atoms with van der Waals surface area (Å²) in [5, 5.41) is 0. The van der Waals surface area contributed by atoms with E-state index >= 15 is 0 Å². The molecule has 0 atom stereocenters. The van der Waals surface area contributed by atoms with E-state index < -0.39 is 5.91 Å². The van der Waals surface area contributed by atoms with Crippen molar-refractivity contribution in [2.24, 2.45) is 5.73 Å². The van der Waals surface area contributed by atoms with Crippen molar-refractivity contribution in [3.63, 3.8) is 0 Å². The van der Waals surface area contributed by atoms with Crippen molar-refractivity contribution < 1.29 is 9.59 Å². The molecule has 0 aliphatic rings. The van der Waals surface area contributed by atoms with Gasteiger partial charge in [0.25, 0.3) is 0 Å². The Kier molecular flexibility index (Phi) is 3.38. The van der Waals surface area contributed by atoms with E-state index in [-0.39, 0.29) is 12.3 Å². The summed E-state index contributed by atoms with van der Waals surface area (Å²) in [4.78, 5) is 27.3. The molecule has 1 aromatic heterocycles. The van der Waals surface area contributed by atoms with Crippen molar-refractivity contribution in [2.75, 3.05) is 11.9 Å². The van der Waals surface area contributed by atoms with Gasteiger partial charge in [0, 0.05) is 14.0 Å². The summed E-state index contributed by atoms with van der Waals surface area (Å²) in [7, 11) is 1.62. The molecule has 5 nitrogen and oxygen atoms in total. The molecule has 0 unspecified atom stereocenters. The first kappa shape index (κ1) is 11.2. The van der Waals surface area contributed by atoms with Gasteiger partial charge in [-0.05, 0) is 12.1 Å². The highest BCUT2D eigenvalue weighted by Crippen LogP contribution is 2.09. The SMILES string of the molecule is CC(=O)N(C)c1cccc(CC(N)=O)n1. The predicted molar refractivity (Wildman–Crippen MR) is 56.2 cm³/mol. The van der Waals surface area contributed by atoms with E-state index in [2.05, 4.69) is 4.98 Å². The molecule has 1 aromatic rings. The summed E-state index contributed by atoms with van der Waals surface area (Å²) in [6, 6.07) is 5.13. The zero-order valence-corrected chi connectivity index (χ0v) is 8.73. The molecule has 0 bridgehead atoms. The van der Waals surface area contributed by atoms with E-state index in [0.29, 0.717) is 11.5 Å². The number of hydrogen-bond donors (Lipinski definition) is 1. The van der Waals surface area contributed by atoms with Crippen LogP contribution in [0.4, 0.5) is 5.82 Å². The summed E-state index contributed by atoms with van der Waals surface area (Å²) in [6.45, 7) is 1.45. The summed E-state index contributed by atoms with van der Waals surface area (Å²) < 4.78 is 0. The van der Waals surface area contributed by atoms with E-state index in [1.54, 1.807) is 25.2 Å². The molecular weight excluding hydrogens is 194 g/mol. The number of carbonyl (C=O) groups is 2. The molecule has 2 amide bonds. The smallest absolute Gasteiger partial charge is 0.224 e. The van der Waals surface area contributed by atoms with E-state index in [0.717, 1.165) is 0 Å². The van der Waals surface area contributed by atoms with Crippen LogP contribution in [0.1, 0.15) is 12.6 Å². The molecule has 1 rings (SSSR count). The zero-order valence-electron chi connectivity index (χ0n) is 8.73. The van der Waals surface area contributed by atoms with Crippen LogP contribution < -0.4 is 10.6 Å². The molecule has 0 radical (unpaired) electrons. The summed E-state index contributed by atoms with van der Waals surface area (Å²) in [6.07, 6.45) is 0.0829. The molecule has 0 aromatic carbocycles. The molecule has 0 saturated heterocycles. The molecule has 0 fully saturated rings. The van der Waals surface area contributed by atoms with Gasteiger partial charge in [0.05, 0.1) is 12.1 Å². The largest absolute Gasteiger partial charge is 0.369 e. The average molecular weight is 207 g/mol. The zero-order chi connectivity index (χ0) is 11.4. The number of rotatable bonds is 3. The third-order valence-corrected chi connectivity index (χ3v) is 1.96. The van der Waals surface area contributed by atoms with Gasteiger partial charge in [-0.1, -0.05) is 6.07 Å². The van der Waals surface area contributed by atoms with Crippen LogP contribution in [-0.2, 0) is 16.0 Å².